The van der Waals surface area contributed by atoms with Crippen LogP contribution in [0.25, 0.3) is 0 Å². The first-order valence-corrected chi connectivity index (χ1v) is 13.7. The SMILES string of the molecule is NC1CCC(NC(=O)c2ccc(N3CCN(C(=O)c4ccccc4)CC3)c(NC(=O)c3ccc(F)cc3)c2)CC1. The Hall–Kier alpha value is -4.24. The summed E-state index contributed by atoms with van der Waals surface area (Å²) in [5.41, 5.74) is 8.63. The van der Waals surface area contributed by atoms with Gasteiger partial charge >= 0.3 is 0 Å². The Balaban J connectivity index is 1.34. The summed E-state index contributed by atoms with van der Waals surface area (Å²) in [4.78, 5) is 43.0. The largest absolute Gasteiger partial charge is 0.366 e. The molecule has 5 rings (SSSR count). The molecule has 1 saturated carbocycles. The van der Waals surface area contributed by atoms with E-state index in [1.807, 2.05) is 41.3 Å². The quantitative estimate of drug-likeness (QED) is 0.435. The molecule has 9 heteroatoms. The number of benzene rings is 3. The Morgan fingerprint density at radius 1 is 0.750 bits per heavy atom. The van der Waals surface area contributed by atoms with Crippen LogP contribution in [-0.2, 0) is 0 Å². The predicted molar refractivity (Wildman–Crippen MR) is 153 cm³/mol. The van der Waals surface area contributed by atoms with E-state index in [1.54, 1.807) is 12.1 Å². The lowest BCUT2D eigenvalue weighted by Gasteiger charge is -2.37. The van der Waals surface area contributed by atoms with Crippen LogP contribution < -0.4 is 21.3 Å². The third-order valence-corrected chi connectivity index (χ3v) is 7.65. The standard InChI is InChI=1S/C31H34FN5O3/c32-24-9-6-21(7-10-24)29(38)35-27-20-23(30(39)34-26-13-11-25(33)12-14-26)8-15-28(27)36-16-18-37(19-17-36)31(40)22-4-2-1-3-5-22/h1-10,15,20,25-26H,11-14,16-19,33H2,(H,34,39)(H,35,38). The van der Waals surface area contributed by atoms with Gasteiger partial charge in [-0.05, 0) is 80.3 Å². The number of nitrogens with zero attached hydrogens (tertiary/aromatic N) is 2. The lowest BCUT2D eigenvalue weighted by Crippen LogP contribution is -2.49. The topological polar surface area (TPSA) is 108 Å². The van der Waals surface area contributed by atoms with Crippen LogP contribution in [0.5, 0.6) is 0 Å². The van der Waals surface area contributed by atoms with Gasteiger partial charge in [0.25, 0.3) is 17.7 Å². The molecule has 2 fully saturated rings. The van der Waals surface area contributed by atoms with Crippen molar-refractivity contribution in [3.8, 4) is 0 Å². The highest BCUT2D eigenvalue weighted by molar-refractivity contribution is 6.07. The van der Waals surface area contributed by atoms with Crippen molar-refractivity contribution < 1.29 is 18.8 Å². The molecular weight excluding hydrogens is 509 g/mol. The fourth-order valence-electron chi connectivity index (χ4n) is 5.29. The van der Waals surface area contributed by atoms with Gasteiger partial charge in [0.15, 0.2) is 0 Å². The van der Waals surface area contributed by atoms with Crippen LogP contribution in [-0.4, -0.2) is 60.9 Å². The van der Waals surface area contributed by atoms with E-state index in [2.05, 4.69) is 15.5 Å². The molecule has 0 unspecified atom stereocenters. The summed E-state index contributed by atoms with van der Waals surface area (Å²) in [5, 5.41) is 6.03. The number of piperazine rings is 1. The van der Waals surface area contributed by atoms with Gasteiger partial charge in [-0.1, -0.05) is 18.2 Å². The summed E-state index contributed by atoms with van der Waals surface area (Å²) >= 11 is 0. The third kappa shape index (κ3) is 6.48. The molecule has 4 N–H and O–H groups in total. The van der Waals surface area contributed by atoms with Crippen molar-refractivity contribution >= 4 is 29.1 Å². The zero-order chi connectivity index (χ0) is 28.1. The number of nitrogens with two attached hydrogens (primary N) is 1. The van der Waals surface area contributed by atoms with Crippen LogP contribution in [0.2, 0.25) is 0 Å². The van der Waals surface area contributed by atoms with Crippen LogP contribution >= 0.6 is 0 Å². The number of rotatable bonds is 6. The number of amides is 3. The second kappa shape index (κ2) is 12.3. The Morgan fingerprint density at radius 2 is 1.40 bits per heavy atom. The van der Waals surface area contributed by atoms with Gasteiger partial charge in [-0.3, -0.25) is 14.4 Å². The highest BCUT2D eigenvalue weighted by Crippen LogP contribution is 2.30. The van der Waals surface area contributed by atoms with E-state index in [9.17, 15) is 18.8 Å². The van der Waals surface area contributed by atoms with Crippen LogP contribution in [0.3, 0.4) is 0 Å². The van der Waals surface area contributed by atoms with Gasteiger partial charge < -0.3 is 26.2 Å². The van der Waals surface area contributed by atoms with Crippen molar-refractivity contribution in [2.75, 3.05) is 36.4 Å². The molecule has 0 radical (unpaired) electrons. The molecule has 0 aromatic heterocycles. The maximum atomic E-state index is 13.4. The van der Waals surface area contributed by atoms with Gasteiger partial charge in [0.1, 0.15) is 5.82 Å². The number of carbonyl (C=O) groups is 3. The molecule has 208 valence electrons. The van der Waals surface area contributed by atoms with Gasteiger partial charge in [-0.15, -0.1) is 0 Å². The number of anilines is 2. The molecule has 0 spiro atoms. The summed E-state index contributed by atoms with van der Waals surface area (Å²) in [5.74, 6) is -1.05. The fraction of sp³-hybridized carbons (Fsp3) is 0.323. The molecule has 2 aliphatic rings. The van der Waals surface area contributed by atoms with Crippen molar-refractivity contribution in [1.29, 1.82) is 0 Å². The molecule has 3 aromatic carbocycles. The molecule has 1 saturated heterocycles. The predicted octanol–water partition coefficient (Wildman–Crippen LogP) is 4.04. The maximum Gasteiger partial charge on any atom is 0.255 e. The van der Waals surface area contributed by atoms with Crippen LogP contribution in [0.1, 0.15) is 56.8 Å². The second-order valence-electron chi connectivity index (χ2n) is 10.4. The van der Waals surface area contributed by atoms with Crippen molar-refractivity contribution in [1.82, 2.24) is 10.2 Å². The first-order chi connectivity index (χ1) is 19.4. The zero-order valence-corrected chi connectivity index (χ0v) is 22.3. The number of carbonyl (C=O) groups excluding carboxylic acids is 3. The Labute approximate surface area is 233 Å². The summed E-state index contributed by atoms with van der Waals surface area (Å²) in [6.07, 6.45) is 3.43. The lowest BCUT2D eigenvalue weighted by atomic mass is 9.91. The van der Waals surface area contributed by atoms with Gasteiger partial charge in [-0.2, -0.15) is 0 Å². The number of nitrogens with one attached hydrogen (secondary N) is 2. The summed E-state index contributed by atoms with van der Waals surface area (Å²) in [7, 11) is 0. The van der Waals surface area contributed by atoms with Crippen LogP contribution in [0.4, 0.5) is 15.8 Å². The first-order valence-electron chi connectivity index (χ1n) is 13.7. The van der Waals surface area contributed by atoms with E-state index in [0.717, 1.165) is 31.4 Å². The highest BCUT2D eigenvalue weighted by atomic mass is 19.1. The molecule has 8 nitrogen and oxygen atoms in total. The van der Waals surface area contributed by atoms with Gasteiger partial charge in [0, 0.05) is 55.0 Å². The monoisotopic (exact) mass is 543 g/mol. The average molecular weight is 544 g/mol. The number of hydrogen-bond acceptors (Lipinski definition) is 5. The first kappa shape index (κ1) is 27.3. The van der Waals surface area contributed by atoms with Crippen molar-refractivity contribution in [2.45, 2.75) is 37.8 Å². The summed E-state index contributed by atoms with van der Waals surface area (Å²) in [6.45, 7) is 2.16. The Bertz CT molecular complexity index is 1350. The van der Waals surface area contributed by atoms with E-state index < -0.39 is 11.7 Å². The minimum absolute atomic E-state index is 0.0132. The summed E-state index contributed by atoms with van der Waals surface area (Å²) < 4.78 is 13.4. The molecule has 1 aliphatic heterocycles. The van der Waals surface area contributed by atoms with Crippen molar-refractivity contribution in [3.05, 3.63) is 95.3 Å². The van der Waals surface area contributed by atoms with Gasteiger partial charge in [0.05, 0.1) is 11.4 Å². The van der Waals surface area contributed by atoms with Gasteiger partial charge in [-0.25, -0.2) is 4.39 Å². The lowest BCUT2D eigenvalue weighted by molar-refractivity contribution is 0.0746. The van der Waals surface area contributed by atoms with E-state index in [1.165, 1.54) is 24.3 Å². The molecule has 3 aromatic rings. The fourth-order valence-corrected chi connectivity index (χ4v) is 5.29. The van der Waals surface area contributed by atoms with Gasteiger partial charge in [0.2, 0.25) is 0 Å². The normalized spacial score (nSPS) is 19.1. The highest BCUT2D eigenvalue weighted by Gasteiger charge is 2.26. The zero-order valence-electron chi connectivity index (χ0n) is 22.3. The van der Waals surface area contributed by atoms with E-state index in [0.29, 0.717) is 48.6 Å². The molecule has 0 atom stereocenters. The van der Waals surface area contributed by atoms with Crippen molar-refractivity contribution in [2.24, 2.45) is 5.73 Å². The van der Waals surface area contributed by atoms with Crippen LogP contribution in [0.15, 0.2) is 72.8 Å². The minimum atomic E-state index is -0.428. The minimum Gasteiger partial charge on any atom is -0.366 e. The third-order valence-electron chi connectivity index (χ3n) is 7.65. The molecule has 3 amide bonds. The molecule has 1 heterocycles. The van der Waals surface area contributed by atoms with Crippen LogP contribution in [0, 0.1) is 5.82 Å². The molecule has 0 bridgehead atoms. The summed E-state index contributed by atoms with van der Waals surface area (Å²) in [6, 6.07) is 20.0. The molecule has 1 aliphatic carbocycles. The Kier molecular flexibility index (Phi) is 8.40. The number of hydrogen-bond donors (Lipinski definition) is 3. The van der Waals surface area contributed by atoms with E-state index >= 15 is 0 Å². The molecular formula is C31H34FN5O3. The molecule has 40 heavy (non-hydrogen) atoms. The Morgan fingerprint density at radius 3 is 2.08 bits per heavy atom. The van der Waals surface area contributed by atoms with E-state index in [4.69, 9.17) is 5.73 Å². The second-order valence-corrected chi connectivity index (χ2v) is 10.4. The maximum absolute atomic E-state index is 13.4. The van der Waals surface area contributed by atoms with Crippen molar-refractivity contribution in [3.63, 3.8) is 0 Å². The van der Waals surface area contributed by atoms with E-state index in [-0.39, 0.29) is 23.9 Å². The number of halogens is 1. The smallest absolute Gasteiger partial charge is 0.255 e. The average Bonchev–Trinajstić information content (AvgIpc) is 2.99.